The highest BCUT2D eigenvalue weighted by Gasteiger charge is 2.56. The van der Waals surface area contributed by atoms with Gasteiger partial charge >= 0.3 is 0 Å². The van der Waals surface area contributed by atoms with E-state index in [9.17, 15) is 0 Å². The van der Waals surface area contributed by atoms with Gasteiger partial charge in [-0.05, 0) is 35.7 Å². The van der Waals surface area contributed by atoms with E-state index in [-0.39, 0.29) is 5.41 Å². The van der Waals surface area contributed by atoms with Crippen LogP contribution in [0.4, 0.5) is 0 Å². The summed E-state index contributed by atoms with van der Waals surface area (Å²) in [5.41, 5.74) is 3.08. The minimum absolute atomic E-state index is 0.242. The highest BCUT2D eigenvalue weighted by atomic mass is 16.6. The molecule has 0 radical (unpaired) electrons. The Morgan fingerprint density at radius 3 is 2.54 bits per heavy atom. The summed E-state index contributed by atoms with van der Waals surface area (Å²) in [5, 5.41) is 6.63. The lowest BCUT2D eigenvalue weighted by Gasteiger charge is -2.10. The summed E-state index contributed by atoms with van der Waals surface area (Å²) in [6.07, 6.45) is 0.980. The third kappa shape index (κ3) is 2.86. The fourth-order valence-electron chi connectivity index (χ4n) is 3.71. The zero-order valence-electron chi connectivity index (χ0n) is 15.1. The molecule has 0 aromatic heterocycles. The molecule has 2 heteroatoms. The van der Waals surface area contributed by atoms with Crippen molar-refractivity contribution in [2.45, 2.75) is 19.3 Å². The van der Waals surface area contributed by atoms with E-state index >= 15 is 0 Å². The van der Waals surface area contributed by atoms with Crippen molar-refractivity contribution in [2.24, 2.45) is 10.6 Å². The molecule has 3 aromatic carbocycles. The van der Waals surface area contributed by atoms with Gasteiger partial charge in [0, 0.05) is 11.5 Å². The predicted octanol–water partition coefficient (Wildman–Crippen LogP) is 5.39. The van der Waals surface area contributed by atoms with E-state index in [1.54, 1.807) is 7.11 Å². The Kier molecular flexibility index (Phi) is 4.22. The Labute approximate surface area is 154 Å². The molecule has 26 heavy (non-hydrogen) atoms. The van der Waals surface area contributed by atoms with Crippen molar-refractivity contribution in [1.29, 1.82) is 0 Å². The van der Waals surface area contributed by atoms with E-state index in [0.29, 0.717) is 5.92 Å². The molecule has 1 aliphatic rings. The molecule has 4 rings (SSSR count). The van der Waals surface area contributed by atoms with Crippen molar-refractivity contribution in [3.8, 4) is 11.8 Å². The average molecular weight is 339 g/mol. The normalized spacial score (nSPS) is 21.8. The molecule has 0 unspecified atom stereocenters. The Bertz CT molecular complexity index is 1020. The van der Waals surface area contributed by atoms with Crippen molar-refractivity contribution in [3.05, 3.63) is 83.9 Å². The average Bonchev–Trinajstić information content (AvgIpc) is 3.43. The summed E-state index contributed by atoms with van der Waals surface area (Å²) < 4.78 is 0. The van der Waals surface area contributed by atoms with Gasteiger partial charge in [-0.2, -0.15) is 0 Å². The van der Waals surface area contributed by atoms with Crippen LogP contribution < -0.4 is 0 Å². The van der Waals surface area contributed by atoms with Crippen LogP contribution in [0.15, 0.2) is 78.0 Å². The van der Waals surface area contributed by atoms with Crippen molar-refractivity contribution < 1.29 is 4.84 Å². The summed E-state index contributed by atoms with van der Waals surface area (Å²) in [5.74, 6) is 7.36. The van der Waals surface area contributed by atoms with E-state index in [1.807, 2.05) is 13.0 Å². The molecule has 128 valence electrons. The first-order chi connectivity index (χ1) is 12.7. The Hall–Kier alpha value is -3.05. The van der Waals surface area contributed by atoms with Crippen molar-refractivity contribution in [1.82, 2.24) is 0 Å². The number of oxime groups is 1. The topological polar surface area (TPSA) is 21.6 Å². The molecular weight excluding hydrogens is 318 g/mol. The highest BCUT2D eigenvalue weighted by Crippen LogP contribution is 2.60. The second kappa shape index (κ2) is 6.69. The molecule has 2 atom stereocenters. The molecule has 3 aromatic rings. The molecule has 0 bridgehead atoms. The smallest absolute Gasteiger partial charge is 0.106 e. The van der Waals surface area contributed by atoms with Crippen molar-refractivity contribution in [3.63, 3.8) is 0 Å². The minimum atomic E-state index is -0.242. The molecule has 1 aliphatic carbocycles. The lowest BCUT2D eigenvalue weighted by molar-refractivity contribution is 0.211. The lowest BCUT2D eigenvalue weighted by Crippen LogP contribution is -2.13. The molecule has 0 spiro atoms. The van der Waals surface area contributed by atoms with Crippen LogP contribution in [0.2, 0.25) is 0 Å². The van der Waals surface area contributed by atoms with Gasteiger partial charge in [0.2, 0.25) is 0 Å². The van der Waals surface area contributed by atoms with E-state index < -0.39 is 0 Å². The predicted molar refractivity (Wildman–Crippen MR) is 107 cm³/mol. The largest absolute Gasteiger partial charge is 0.399 e. The van der Waals surface area contributed by atoms with Crippen LogP contribution in [0, 0.1) is 17.3 Å². The van der Waals surface area contributed by atoms with Gasteiger partial charge in [0.25, 0.3) is 0 Å². The number of hydrogen-bond donors (Lipinski definition) is 0. The van der Waals surface area contributed by atoms with Gasteiger partial charge in [-0.15, -0.1) is 0 Å². The van der Waals surface area contributed by atoms with Gasteiger partial charge in [0.05, 0.1) is 11.1 Å². The minimum Gasteiger partial charge on any atom is -0.399 e. The molecule has 0 aliphatic heterocycles. The van der Waals surface area contributed by atoms with Crippen LogP contribution >= 0.6 is 0 Å². The summed E-state index contributed by atoms with van der Waals surface area (Å²) in [6.45, 7) is 2.02. The van der Waals surface area contributed by atoms with Gasteiger partial charge in [0.1, 0.15) is 7.11 Å². The van der Waals surface area contributed by atoms with E-state index in [0.717, 1.165) is 17.7 Å². The second-order valence-corrected chi connectivity index (χ2v) is 6.77. The third-order valence-corrected chi connectivity index (χ3v) is 5.25. The second-order valence-electron chi connectivity index (χ2n) is 6.77. The van der Waals surface area contributed by atoms with E-state index in [1.165, 1.54) is 16.3 Å². The van der Waals surface area contributed by atoms with Gasteiger partial charge < -0.3 is 4.84 Å². The van der Waals surface area contributed by atoms with Crippen molar-refractivity contribution >= 4 is 16.5 Å². The molecule has 0 heterocycles. The quantitative estimate of drug-likeness (QED) is 0.356. The molecular formula is C24H21NO. The molecule has 1 fully saturated rings. The molecule has 1 saturated carbocycles. The van der Waals surface area contributed by atoms with Crippen molar-refractivity contribution in [2.75, 3.05) is 7.11 Å². The highest BCUT2D eigenvalue weighted by molar-refractivity contribution is 5.96. The first-order valence-electron chi connectivity index (χ1n) is 8.89. The monoisotopic (exact) mass is 339 g/mol. The number of hydrogen-bond acceptors (Lipinski definition) is 2. The van der Waals surface area contributed by atoms with Crippen LogP contribution in [-0.4, -0.2) is 12.8 Å². The Morgan fingerprint density at radius 2 is 1.73 bits per heavy atom. The zero-order valence-corrected chi connectivity index (χ0v) is 15.1. The standard InChI is InChI=1S/C24H21NO/c1-18(25-26-2)24(17-23(24)21-10-4-3-5-11-21)16-15-20-13-8-12-19-9-6-7-14-22(19)20/h3-14,23H,17H2,1-2H3/b25-18+/t23-,24-/m0/s1. The van der Waals surface area contributed by atoms with Crippen LogP contribution in [0.1, 0.15) is 30.4 Å². The lowest BCUT2D eigenvalue weighted by atomic mass is 9.94. The first-order valence-corrected chi connectivity index (χ1v) is 8.89. The molecule has 2 nitrogen and oxygen atoms in total. The van der Waals surface area contributed by atoms with Gasteiger partial charge in [0.15, 0.2) is 0 Å². The Morgan fingerprint density at radius 1 is 1.00 bits per heavy atom. The van der Waals surface area contributed by atoms with Crippen LogP contribution in [0.25, 0.3) is 10.8 Å². The fourth-order valence-corrected chi connectivity index (χ4v) is 3.71. The number of benzene rings is 3. The zero-order chi connectivity index (χ0) is 18.0. The number of fused-ring (bicyclic) bond motifs is 1. The first kappa shape index (κ1) is 16.4. The van der Waals surface area contributed by atoms with E-state index in [4.69, 9.17) is 4.84 Å². The number of rotatable bonds is 3. The molecule has 0 saturated heterocycles. The van der Waals surface area contributed by atoms with Gasteiger partial charge in [-0.1, -0.05) is 83.7 Å². The number of nitrogens with zero attached hydrogens (tertiary/aromatic N) is 1. The summed E-state index contributed by atoms with van der Waals surface area (Å²) in [6, 6.07) is 25.2. The maximum Gasteiger partial charge on any atom is 0.106 e. The van der Waals surface area contributed by atoms with E-state index in [2.05, 4.69) is 83.7 Å². The molecule has 0 N–H and O–H groups in total. The fraction of sp³-hybridized carbons (Fsp3) is 0.208. The Balaban J connectivity index is 1.76. The summed E-state index contributed by atoms with van der Waals surface area (Å²) in [4.78, 5) is 5.06. The van der Waals surface area contributed by atoms with Crippen LogP contribution in [-0.2, 0) is 4.84 Å². The van der Waals surface area contributed by atoms with Crippen LogP contribution in [0.5, 0.6) is 0 Å². The SMILES string of the molecule is CO/N=C(\C)[C@]1(C#Cc2cccc3ccccc23)C[C@H]1c1ccccc1. The maximum absolute atomic E-state index is 5.06. The summed E-state index contributed by atoms with van der Waals surface area (Å²) in [7, 11) is 1.59. The third-order valence-electron chi connectivity index (χ3n) is 5.25. The summed E-state index contributed by atoms with van der Waals surface area (Å²) >= 11 is 0. The van der Waals surface area contributed by atoms with Crippen LogP contribution in [0.3, 0.4) is 0 Å². The van der Waals surface area contributed by atoms with Gasteiger partial charge in [-0.3, -0.25) is 0 Å². The van der Waals surface area contributed by atoms with Gasteiger partial charge in [-0.25, -0.2) is 0 Å². The molecule has 0 amide bonds. The maximum atomic E-state index is 5.06.